The minimum atomic E-state index is -0.725. The minimum Gasteiger partial charge on any atom is -0.450 e. The van der Waals surface area contributed by atoms with Gasteiger partial charge in [0.05, 0.1) is 17.4 Å². The molecule has 1 heterocycles. The van der Waals surface area contributed by atoms with Crippen molar-refractivity contribution >= 4 is 11.7 Å². The topological polar surface area (TPSA) is 78.7 Å². The number of benzene rings is 2. The molecule has 1 aliphatic rings. The lowest BCUT2D eigenvalue weighted by atomic mass is 9.95. The summed E-state index contributed by atoms with van der Waals surface area (Å²) in [5.74, 6) is -0.490. The van der Waals surface area contributed by atoms with E-state index in [1.54, 1.807) is 12.1 Å². The summed E-state index contributed by atoms with van der Waals surface area (Å²) in [7, 11) is 0. The van der Waals surface area contributed by atoms with Crippen molar-refractivity contribution in [3.8, 4) is 17.2 Å². The molecule has 0 bridgehead atoms. The molecular formula is C16H12FNO5. The Kier molecular flexibility index (Phi) is 3.69. The summed E-state index contributed by atoms with van der Waals surface area (Å²) in [5, 5.41) is 11.0. The first-order chi connectivity index (χ1) is 10.9. The first-order valence-electron chi connectivity index (χ1n) is 6.90. The highest BCUT2D eigenvalue weighted by Gasteiger charge is 2.25. The maximum absolute atomic E-state index is 13.1. The average molecular weight is 317 g/mol. The number of nitro groups is 1. The summed E-state index contributed by atoms with van der Waals surface area (Å²) in [6.07, 6.45) is 0.302. The summed E-state index contributed by atoms with van der Waals surface area (Å²) >= 11 is 0. The average Bonchev–Trinajstić information content (AvgIpc) is 2.48. The second-order valence-electron chi connectivity index (χ2n) is 5.25. The Hall–Kier alpha value is -2.96. The van der Waals surface area contributed by atoms with Crippen molar-refractivity contribution in [2.45, 2.75) is 19.3 Å². The molecule has 0 aliphatic carbocycles. The molecule has 1 atom stereocenters. The molecule has 1 aliphatic heterocycles. The molecule has 23 heavy (non-hydrogen) atoms. The van der Waals surface area contributed by atoms with Gasteiger partial charge in [0, 0.05) is 6.07 Å². The third-order valence-electron chi connectivity index (χ3n) is 3.56. The second-order valence-corrected chi connectivity index (χ2v) is 5.25. The van der Waals surface area contributed by atoms with Gasteiger partial charge in [-0.05, 0) is 29.7 Å². The molecule has 7 heteroatoms. The Labute approximate surface area is 130 Å². The number of fused-ring (bicyclic) bond motifs is 1. The van der Waals surface area contributed by atoms with Gasteiger partial charge in [-0.25, -0.2) is 4.39 Å². The number of ether oxygens (including phenoxy) is 2. The summed E-state index contributed by atoms with van der Waals surface area (Å²) < 4.78 is 23.8. The van der Waals surface area contributed by atoms with Gasteiger partial charge >= 0.3 is 11.7 Å². The molecule has 1 unspecified atom stereocenters. The molecule has 6 nitrogen and oxygen atoms in total. The molecule has 0 amide bonds. The molecule has 0 saturated carbocycles. The van der Waals surface area contributed by atoms with E-state index in [2.05, 4.69) is 0 Å². The van der Waals surface area contributed by atoms with Crippen LogP contribution in [0.25, 0.3) is 0 Å². The second kappa shape index (κ2) is 5.68. The predicted molar refractivity (Wildman–Crippen MR) is 78.2 cm³/mol. The molecule has 0 spiro atoms. The van der Waals surface area contributed by atoms with Crippen LogP contribution >= 0.6 is 0 Å². The zero-order valence-electron chi connectivity index (χ0n) is 12.1. The highest BCUT2D eigenvalue weighted by molar-refractivity contribution is 5.76. The van der Waals surface area contributed by atoms with Crippen LogP contribution < -0.4 is 9.47 Å². The number of nitrogens with zero attached hydrogens (tertiary/aromatic N) is 1. The molecule has 2 aromatic carbocycles. The number of carbonyl (C=O) groups excluding carboxylic acids is 1. The fraction of sp³-hybridized carbons (Fsp3) is 0.188. The van der Waals surface area contributed by atoms with Crippen molar-refractivity contribution in [2.75, 3.05) is 0 Å². The Bertz CT molecular complexity index is 805. The van der Waals surface area contributed by atoms with E-state index in [0.29, 0.717) is 12.2 Å². The van der Waals surface area contributed by atoms with E-state index in [1.807, 2.05) is 6.92 Å². The number of hydrogen-bond donors (Lipinski definition) is 0. The highest BCUT2D eigenvalue weighted by atomic mass is 19.1. The monoisotopic (exact) mass is 317 g/mol. The van der Waals surface area contributed by atoms with Gasteiger partial charge in [0.25, 0.3) is 0 Å². The summed E-state index contributed by atoms with van der Waals surface area (Å²) in [6.45, 7) is 1.91. The smallest absolute Gasteiger partial charge is 0.314 e. The molecule has 2 aromatic rings. The van der Waals surface area contributed by atoms with Gasteiger partial charge in [-0.3, -0.25) is 14.9 Å². The molecule has 3 rings (SSSR count). The van der Waals surface area contributed by atoms with Crippen molar-refractivity contribution in [3.63, 3.8) is 0 Å². The lowest BCUT2D eigenvalue weighted by molar-refractivity contribution is -0.385. The number of carbonyl (C=O) groups is 1. The first kappa shape index (κ1) is 15.0. The van der Waals surface area contributed by atoms with Crippen LogP contribution in [0.5, 0.6) is 17.2 Å². The molecule has 0 saturated heterocycles. The van der Waals surface area contributed by atoms with Crippen LogP contribution in [0.4, 0.5) is 10.1 Å². The minimum absolute atomic E-state index is 0.0282. The van der Waals surface area contributed by atoms with E-state index >= 15 is 0 Å². The van der Waals surface area contributed by atoms with E-state index < -0.39 is 16.4 Å². The van der Waals surface area contributed by atoms with E-state index in [9.17, 15) is 19.3 Å². The maximum Gasteiger partial charge on any atom is 0.314 e. The largest absolute Gasteiger partial charge is 0.450 e. The third-order valence-corrected chi connectivity index (χ3v) is 3.56. The zero-order chi connectivity index (χ0) is 16.6. The van der Waals surface area contributed by atoms with Crippen LogP contribution in [0, 0.1) is 15.9 Å². The molecular weight excluding hydrogens is 305 g/mol. The van der Waals surface area contributed by atoms with Gasteiger partial charge in [-0.1, -0.05) is 13.0 Å². The number of rotatable bonds is 3. The van der Waals surface area contributed by atoms with Crippen LogP contribution in [0.3, 0.4) is 0 Å². The van der Waals surface area contributed by atoms with Crippen LogP contribution in [0.1, 0.15) is 24.8 Å². The number of esters is 1. The summed E-state index contributed by atoms with van der Waals surface area (Å²) in [5.41, 5.74) is 0.388. The van der Waals surface area contributed by atoms with Gasteiger partial charge < -0.3 is 9.47 Å². The number of hydrogen-bond acceptors (Lipinski definition) is 5. The Balaban J connectivity index is 1.94. The Morgan fingerprint density at radius 2 is 2.09 bits per heavy atom. The van der Waals surface area contributed by atoms with E-state index in [4.69, 9.17) is 9.47 Å². The van der Waals surface area contributed by atoms with Gasteiger partial charge in [-0.15, -0.1) is 0 Å². The van der Waals surface area contributed by atoms with Gasteiger partial charge in [0.15, 0.2) is 0 Å². The predicted octanol–water partition coefficient (Wildman–Crippen LogP) is 3.94. The summed E-state index contributed by atoms with van der Waals surface area (Å²) in [4.78, 5) is 21.7. The van der Waals surface area contributed by atoms with Gasteiger partial charge in [0.1, 0.15) is 17.3 Å². The molecule has 0 fully saturated rings. The maximum atomic E-state index is 13.1. The van der Waals surface area contributed by atoms with Crippen LogP contribution in [-0.2, 0) is 4.79 Å². The van der Waals surface area contributed by atoms with E-state index in [-0.39, 0.29) is 23.4 Å². The van der Waals surface area contributed by atoms with Crippen LogP contribution in [0.15, 0.2) is 36.4 Å². The van der Waals surface area contributed by atoms with E-state index in [0.717, 1.165) is 17.7 Å². The Morgan fingerprint density at radius 3 is 2.83 bits per heavy atom. The quantitative estimate of drug-likeness (QED) is 0.371. The highest BCUT2D eigenvalue weighted by Crippen LogP contribution is 2.39. The normalized spacial score (nSPS) is 16.4. The molecule has 0 aromatic heterocycles. The fourth-order valence-corrected chi connectivity index (χ4v) is 2.44. The number of halogens is 1. The zero-order valence-corrected chi connectivity index (χ0v) is 12.1. The molecule has 0 N–H and O–H groups in total. The lowest BCUT2D eigenvalue weighted by Gasteiger charge is -2.21. The summed E-state index contributed by atoms with van der Waals surface area (Å²) in [6, 6.07) is 7.91. The van der Waals surface area contributed by atoms with E-state index in [1.165, 1.54) is 12.1 Å². The van der Waals surface area contributed by atoms with Crippen LogP contribution in [0.2, 0.25) is 0 Å². The van der Waals surface area contributed by atoms with Crippen molar-refractivity contribution in [2.24, 2.45) is 0 Å². The Morgan fingerprint density at radius 1 is 1.30 bits per heavy atom. The standard InChI is InChI=1S/C16H12FNO5/c1-9-6-16(19)23-15-8-11(3-4-12(9)15)22-14-5-2-10(17)7-13(14)18(20)21/h2-5,7-9H,6H2,1H3. The van der Waals surface area contributed by atoms with Crippen LogP contribution in [-0.4, -0.2) is 10.9 Å². The van der Waals surface area contributed by atoms with Crippen molar-refractivity contribution < 1.29 is 23.6 Å². The van der Waals surface area contributed by atoms with Crippen molar-refractivity contribution in [1.82, 2.24) is 0 Å². The van der Waals surface area contributed by atoms with Gasteiger partial charge in [-0.2, -0.15) is 0 Å². The fourth-order valence-electron chi connectivity index (χ4n) is 2.44. The van der Waals surface area contributed by atoms with Crippen molar-refractivity contribution in [1.29, 1.82) is 0 Å². The van der Waals surface area contributed by atoms with Crippen molar-refractivity contribution in [3.05, 3.63) is 57.9 Å². The number of nitro benzene ring substituents is 1. The molecule has 118 valence electrons. The SMILES string of the molecule is CC1CC(=O)Oc2cc(Oc3ccc(F)cc3[N+](=O)[O-])ccc21. The third kappa shape index (κ3) is 2.98. The van der Waals surface area contributed by atoms with Gasteiger partial charge in [0.2, 0.25) is 5.75 Å². The first-order valence-corrected chi connectivity index (χ1v) is 6.90. The lowest BCUT2D eigenvalue weighted by Crippen LogP contribution is -2.18. The molecule has 0 radical (unpaired) electrons.